The molecule has 1 aliphatic heterocycles. The van der Waals surface area contributed by atoms with Crippen molar-refractivity contribution in [2.75, 3.05) is 44.0 Å². The minimum Gasteiger partial charge on any atom is -0.363 e. The lowest BCUT2D eigenvalue weighted by molar-refractivity contribution is 0.612. The van der Waals surface area contributed by atoms with Crippen LogP contribution < -0.4 is 20.4 Å². The Bertz CT molecular complexity index is 793. The van der Waals surface area contributed by atoms with Crippen LogP contribution in [0.25, 0.3) is 0 Å². The molecule has 7 nitrogen and oxygen atoms in total. The largest absolute Gasteiger partial charge is 0.363 e. The van der Waals surface area contributed by atoms with Crippen LogP contribution in [0, 0.1) is 5.82 Å². The molecule has 0 saturated carbocycles. The Hall–Kier alpha value is -2.90. The minimum atomic E-state index is -0.285. The van der Waals surface area contributed by atoms with Crippen molar-refractivity contribution < 1.29 is 4.39 Å². The third-order valence-corrected chi connectivity index (χ3v) is 4.48. The number of halogens is 1. The fourth-order valence-corrected chi connectivity index (χ4v) is 3.06. The van der Waals surface area contributed by atoms with E-state index in [4.69, 9.17) is 0 Å². The van der Waals surface area contributed by atoms with Gasteiger partial charge in [0.1, 0.15) is 5.82 Å². The number of guanidine groups is 1. The molecule has 144 valence electrons. The molecule has 0 aromatic carbocycles. The molecule has 27 heavy (non-hydrogen) atoms. The molecule has 3 rings (SSSR count). The first kappa shape index (κ1) is 18.9. The molecule has 1 fully saturated rings. The zero-order valence-electron chi connectivity index (χ0n) is 16.0. The zero-order chi connectivity index (χ0) is 19.2. The summed E-state index contributed by atoms with van der Waals surface area (Å²) >= 11 is 0. The van der Waals surface area contributed by atoms with E-state index >= 15 is 0 Å². The van der Waals surface area contributed by atoms with Crippen molar-refractivity contribution in [3.63, 3.8) is 0 Å². The summed E-state index contributed by atoms with van der Waals surface area (Å²) in [5, 5.41) is 6.70. The van der Waals surface area contributed by atoms with Crippen LogP contribution in [-0.2, 0) is 6.54 Å². The number of nitrogens with one attached hydrogen (secondary N) is 2. The second-order valence-corrected chi connectivity index (χ2v) is 6.69. The van der Waals surface area contributed by atoms with Gasteiger partial charge in [0.25, 0.3) is 0 Å². The first-order valence-corrected chi connectivity index (χ1v) is 9.02. The highest BCUT2D eigenvalue weighted by atomic mass is 19.1. The lowest BCUT2D eigenvalue weighted by atomic mass is 10.3. The van der Waals surface area contributed by atoms with Crippen LogP contribution in [-0.4, -0.2) is 56.2 Å². The van der Waals surface area contributed by atoms with E-state index in [0.29, 0.717) is 24.9 Å². The maximum atomic E-state index is 13.9. The molecule has 0 bridgehead atoms. The number of aliphatic imine (C=N–C) groups is 1. The molecule has 1 atom stereocenters. The van der Waals surface area contributed by atoms with Gasteiger partial charge in [-0.15, -0.1) is 0 Å². The van der Waals surface area contributed by atoms with Crippen LogP contribution >= 0.6 is 0 Å². The van der Waals surface area contributed by atoms with Gasteiger partial charge in [0.05, 0.1) is 12.2 Å². The molecule has 2 aromatic heterocycles. The van der Waals surface area contributed by atoms with Crippen LogP contribution in [0.1, 0.15) is 12.1 Å². The number of pyridine rings is 2. The molecule has 1 saturated heterocycles. The third-order valence-electron chi connectivity index (χ3n) is 4.48. The summed E-state index contributed by atoms with van der Waals surface area (Å²) in [6.07, 6.45) is 2.51. The summed E-state index contributed by atoms with van der Waals surface area (Å²) in [6.45, 7) is 2.02. The first-order chi connectivity index (χ1) is 13.1. The average molecular weight is 371 g/mol. The van der Waals surface area contributed by atoms with Crippen molar-refractivity contribution in [1.29, 1.82) is 0 Å². The number of anilines is 2. The molecule has 3 heterocycles. The molecular formula is C19H26FN7. The summed E-state index contributed by atoms with van der Waals surface area (Å²) in [6, 6.07) is 9.17. The van der Waals surface area contributed by atoms with Crippen molar-refractivity contribution in [1.82, 2.24) is 20.6 Å². The molecular weight excluding hydrogens is 345 g/mol. The van der Waals surface area contributed by atoms with E-state index in [2.05, 4.69) is 25.6 Å². The quantitative estimate of drug-likeness (QED) is 0.615. The fraction of sp³-hybridized carbons (Fsp3) is 0.421. The molecule has 1 unspecified atom stereocenters. The van der Waals surface area contributed by atoms with E-state index in [-0.39, 0.29) is 11.9 Å². The molecule has 0 radical (unpaired) electrons. The fourth-order valence-electron chi connectivity index (χ4n) is 3.06. The summed E-state index contributed by atoms with van der Waals surface area (Å²) in [5.41, 5.74) is 0.938. The van der Waals surface area contributed by atoms with E-state index in [1.54, 1.807) is 19.3 Å². The molecule has 2 aromatic rings. The highest BCUT2D eigenvalue weighted by Gasteiger charge is 2.25. The number of nitrogens with zero attached hydrogens (tertiary/aromatic N) is 5. The molecule has 0 spiro atoms. The monoisotopic (exact) mass is 371 g/mol. The maximum Gasteiger partial charge on any atom is 0.191 e. The predicted molar refractivity (Wildman–Crippen MR) is 107 cm³/mol. The summed E-state index contributed by atoms with van der Waals surface area (Å²) in [4.78, 5) is 17.0. The van der Waals surface area contributed by atoms with Crippen molar-refractivity contribution >= 4 is 17.6 Å². The first-order valence-electron chi connectivity index (χ1n) is 9.02. The van der Waals surface area contributed by atoms with Crippen molar-refractivity contribution in [3.8, 4) is 0 Å². The number of aromatic nitrogens is 2. The summed E-state index contributed by atoms with van der Waals surface area (Å²) in [7, 11) is 5.68. The Morgan fingerprint density at radius 2 is 2.19 bits per heavy atom. The average Bonchev–Trinajstić information content (AvgIpc) is 3.14. The Labute approximate surface area is 159 Å². The van der Waals surface area contributed by atoms with Crippen molar-refractivity contribution in [2.24, 2.45) is 4.99 Å². The zero-order valence-corrected chi connectivity index (χ0v) is 16.0. The molecule has 1 aliphatic rings. The highest BCUT2D eigenvalue weighted by molar-refractivity contribution is 5.80. The van der Waals surface area contributed by atoms with Gasteiger partial charge < -0.3 is 20.4 Å². The summed E-state index contributed by atoms with van der Waals surface area (Å²) < 4.78 is 13.9. The molecule has 8 heteroatoms. The van der Waals surface area contributed by atoms with E-state index in [9.17, 15) is 4.39 Å². The van der Waals surface area contributed by atoms with Crippen LogP contribution in [0.2, 0.25) is 0 Å². The molecule has 0 aliphatic carbocycles. The second kappa shape index (κ2) is 8.66. The van der Waals surface area contributed by atoms with Gasteiger partial charge in [0, 0.05) is 46.5 Å². The predicted octanol–water partition coefficient (Wildman–Crippen LogP) is 1.63. The van der Waals surface area contributed by atoms with Gasteiger partial charge in [-0.1, -0.05) is 6.07 Å². The topological polar surface area (TPSA) is 68.7 Å². The van der Waals surface area contributed by atoms with Gasteiger partial charge in [0.15, 0.2) is 17.6 Å². The summed E-state index contributed by atoms with van der Waals surface area (Å²) in [5.74, 6) is 1.75. The van der Waals surface area contributed by atoms with Gasteiger partial charge in [-0.3, -0.25) is 4.99 Å². The lowest BCUT2D eigenvalue weighted by Gasteiger charge is -2.20. The Morgan fingerprint density at radius 1 is 1.33 bits per heavy atom. The third kappa shape index (κ3) is 4.84. The van der Waals surface area contributed by atoms with Gasteiger partial charge in [0.2, 0.25) is 0 Å². The normalized spacial score (nSPS) is 17.1. The number of rotatable bonds is 5. The van der Waals surface area contributed by atoms with Crippen molar-refractivity contribution in [2.45, 2.75) is 19.0 Å². The van der Waals surface area contributed by atoms with Crippen LogP contribution in [0.5, 0.6) is 0 Å². The Morgan fingerprint density at radius 3 is 2.93 bits per heavy atom. The maximum absolute atomic E-state index is 13.9. The van der Waals surface area contributed by atoms with E-state index in [1.165, 1.54) is 6.07 Å². The van der Waals surface area contributed by atoms with Crippen molar-refractivity contribution in [3.05, 3.63) is 48.0 Å². The molecule has 0 amide bonds. The van der Waals surface area contributed by atoms with Gasteiger partial charge >= 0.3 is 0 Å². The lowest BCUT2D eigenvalue weighted by Crippen LogP contribution is -2.44. The van der Waals surface area contributed by atoms with Crippen LogP contribution in [0.15, 0.2) is 41.5 Å². The van der Waals surface area contributed by atoms with Gasteiger partial charge in [-0.2, -0.15) is 0 Å². The SMILES string of the molecule is CN=C(NCc1cccc(N(C)C)n1)NC1CCN(c2ncccc2F)C1. The minimum absolute atomic E-state index is 0.179. The van der Waals surface area contributed by atoms with Crippen LogP contribution in [0.3, 0.4) is 0 Å². The second-order valence-electron chi connectivity index (χ2n) is 6.69. The van der Waals surface area contributed by atoms with Gasteiger partial charge in [-0.05, 0) is 30.7 Å². The number of hydrogen-bond donors (Lipinski definition) is 2. The Kier molecular flexibility index (Phi) is 6.05. The van der Waals surface area contributed by atoms with Gasteiger partial charge in [-0.25, -0.2) is 14.4 Å². The van der Waals surface area contributed by atoms with E-state index < -0.39 is 0 Å². The van der Waals surface area contributed by atoms with Crippen LogP contribution in [0.4, 0.5) is 16.0 Å². The van der Waals surface area contributed by atoms with E-state index in [1.807, 2.05) is 42.1 Å². The smallest absolute Gasteiger partial charge is 0.191 e. The van der Waals surface area contributed by atoms with E-state index in [0.717, 1.165) is 24.5 Å². The standard InChI is InChI=1S/C19H26FN7/c1-21-19(23-12-14-6-4-8-17(24-14)26(2)3)25-15-9-11-27(13-15)18-16(20)7-5-10-22-18/h4-8,10,15H,9,11-13H2,1-3H3,(H2,21,23,25). The molecule has 2 N–H and O–H groups in total. The number of hydrogen-bond acceptors (Lipinski definition) is 5. The highest BCUT2D eigenvalue weighted by Crippen LogP contribution is 2.20. The Balaban J connectivity index is 1.54.